The van der Waals surface area contributed by atoms with Gasteiger partial charge in [-0.25, -0.2) is 8.42 Å². The maximum atomic E-state index is 12.4. The number of rotatable bonds is 6. The smallest absolute Gasteiger partial charge is 0.226 e. The zero-order valence-electron chi connectivity index (χ0n) is 12.2. The largest absolute Gasteiger partial charge is 0.342 e. The number of carbonyl (C=O) groups is 1. The van der Waals surface area contributed by atoms with Gasteiger partial charge in [-0.3, -0.25) is 4.79 Å². The predicted octanol–water partition coefficient (Wildman–Crippen LogP) is 0.645. The first-order valence-corrected chi connectivity index (χ1v) is 8.72. The van der Waals surface area contributed by atoms with Crippen molar-refractivity contribution in [1.82, 2.24) is 4.90 Å². The van der Waals surface area contributed by atoms with Crippen molar-refractivity contribution in [3.05, 3.63) is 0 Å². The van der Waals surface area contributed by atoms with E-state index in [2.05, 4.69) is 0 Å². The SMILES string of the molecule is CCCN(CC(C)(C)CN)C(=O)C1CCS(=O)(=O)C1. The Morgan fingerprint density at radius 2 is 2.05 bits per heavy atom. The molecule has 1 aliphatic rings. The van der Waals surface area contributed by atoms with Crippen molar-refractivity contribution in [2.75, 3.05) is 31.1 Å². The highest BCUT2D eigenvalue weighted by Crippen LogP contribution is 2.23. The minimum absolute atomic E-state index is 0.00903. The molecule has 112 valence electrons. The molecule has 0 aromatic rings. The van der Waals surface area contributed by atoms with Gasteiger partial charge in [0, 0.05) is 13.1 Å². The highest BCUT2D eigenvalue weighted by atomic mass is 32.2. The molecule has 0 radical (unpaired) electrons. The van der Waals surface area contributed by atoms with E-state index >= 15 is 0 Å². The zero-order valence-corrected chi connectivity index (χ0v) is 13.0. The molecule has 0 aromatic carbocycles. The van der Waals surface area contributed by atoms with Crippen LogP contribution in [-0.4, -0.2) is 50.4 Å². The third kappa shape index (κ3) is 4.76. The van der Waals surface area contributed by atoms with E-state index in [1.807, 2.05) is 20.8 Å². The molecule has 1 amide bonds. The summed E-state index contributed by atoms with van der Waals surface area (Å²) in [6.07, 6.45) is 1.33. The normalized spacial score (nSPS) is 22.4. The van der Waals surface area contributed by atoms with Crippen molar-refractivity contribution in [3.63, 3.8) is 0 Å². The van der Waals surface area contributed by atoms with E-state index in [0.29, 0.717) is 26.1 Å². The van der Waals surface area contributed by atoms with Gasteiger partial charge in [0.2, 0.25) is 5.91 Å². The molecule has 6 heteroatoms. The number of amides is 1. The molecule has 1 rings (SSSR count). The lowest BCUT2D eigenvalue weighted by molar-refractivity contribution is -0.136. The van der Waals surface area contributed by atoms with Gasteiger partial charge < -0.3 is 10.6 Å². The summed E-state index contributed by atoms with van der Waals surface area (Å²) in [5.74, 6) is -0.228. The van der Waals surface area contributed by atoms with Crippen LogP contribution in [0.4, 0.5) is 0 Å². The lowest BCUT2D eigenvalue weighted by Gasteiger charge is -2.33. The number of nitrogens with two attached hydrogens (primary N) is 1. The van der Waals surface area contributed by atoms with E-state index < -0.39 is 9.84 Å². The van der Waals surface area contributed by atoms with Crippen molar-refractivity contribution in [2.24, 2.45) is 17.1 Å². The third-order valence-electron chi connectivity index (χ3n) is 3.56. The fraction of sp³-hybridized carbons (Fsp3) is 0.923. The van der Waals surface area contributed by atoms with Gasteiger partial charge in [0.05, 0.1) is 17.4 Å². The first kappa shape index (κ1) is 16.4. The Morgan fingerprint density at radius 3 is 2.47 bits per heavy atom. The minimum Gasteiger partial charge on any atom is -0.342 e. The summed E-state index contributed by atoms with van der Waals surface area (Å²) in [7, 11) is -3.01. The quantitative estimate of drug-likeness (QED) is 0.778. The van der Waals surface area contributed by atoms with E-state index in [-0.39, 0.29) is 28.7 Å². The minimum atomic E-state index is -3.01. The number of hydrogen-bond acceptors (Lipinski definition) is 4. The van der Waals surface area contributed by atoms with Crippen LogP contribution >= 0.6 is 0 Å². The molecule has 0 saturated carbocycles. The van der Waals surface area contributed by atoms with Crippen molar-refractivity contribution in [2.45, 2.75) is 33.6 Å². The Bertz CT molecular complexity index is 418. The van der Waals surface area contributed by atoms with E-state index in [4.69, 9.17) is 5.73 Å². The Balaban J connectivity index is 2.74. The lowest BCUT2D eigenvalue weighted by atomic mass is 9.92. The zero-order chi connectivity index (χ0) is 14.7. The van der Waals surface area contributed by atoms with E-state index in [0.717, 1.165) is 6.42 Å². The van der Waals surface area contributed by atoms with Gasteiger partial charge in [0.25, 0.3) is 0 Å². The van der Waals surface area contributed by atoms with Crippen molar-refractivity contribution in [1.29, 1.82) is 0 Å². The summed E-state index contributed by atoms with van der Waals surface area (Å²) in [5, 5.41) is 0. The molecule has 19 heavy (non-hydrogen) atoms. The Hall–Kier alpha value is -0.620. The first-order chi connectivity index (χ1) is 8.71. The molecule has 1 fully saturated rings. The molecule has 1 atom stereocenters. The van der Waals surface area contributed by atoms with Crippen LogP contribution in [-0.2, 0) is 14.6 Å². The number of nitrogens with zero attached hydrogens (tertiary/aromatic N) is 1. The summed E-state index contributed by atoms with van der Waals surface area (Å²) >= 11 is 0. The van der Waals surface area contributed by atoms with Crippen LogP contribution in [0, 0.1) is 11.3 Å². The molecule has 0 bridgehead atoms. The second-order valence-corrected chi connectivity index (χ2v) is 8.46. The summed E-state index contributed by atoms with van der Waals surface area (Å²) in [5.41, 5.74) is 5.58. The highest BCUT2D eigenvalue weighted by Gasteiger charge is 2.36. The molecule has 1 aliphatic heterocycles. The van der Waals surface area contributed by atoms with E-state index in [1.54, 1.807) is 4.90 Å². The fourth-order valence-corrected chi connectivity index (χ4v) is 4.10. The molecule has 0 aromatic heterocycles. The first-order valence-electron chi connectivity index (χ1n) is 6.90. The third-order valence-corrected chi connectivity index (χ3v) is 5.33. The molecule has 0 aliphatic carbocycles. The van der Waals surface area contributed by atoms with Crippen LogP contribution in [0.15, 0.2) is 0 Å². The predicted molar refractivity (Wildman–Crippen MR) is 76.5 cm³/mol. The van der Waals surface area contributed by atoms with Crippen LogP contribution in [0.5, 0.6) is 0 Å². The molecule has 1 saturated heterocycles. The fourth-order valence-electron chi connectivity index (χ4n) is 2.37. The monoisotopic (exact) mass is 290 g/mol. The van der Waals surface area contributed by atoms with Crippen LogP contribution in [0.25, 0.3) is 0 Å². The van der Waals surface area contributed by atoms with Crippen LogP contribution < -0.4 is 5.73 Å². The Morgan fingerprint density at radius 1 is 1.42 bits per heavy atom. The summed E-state index contributed by atoms with van der Waals surface area (Å²) in [6.45, 7) is 7.82. The van der Waals surface area contributed by atoms with Gasteiger partial charge in [-0.1, -0.05) is 20.8 Å². The van der Waals surface area contributed by atoms with Gasteiger partial charge in [-0.2, -0.15) is 0 Å². The second-order valence-electron chi connectivity index (χ2n) is 6.23. The van der Waals surface area contributed by atoms with Crippen LogP contribution in [0.2, 0.25) is 0 Å². The topological polar surface area (TPSA) is 80.5 Å². The molecule has 5 nitrogen and oxygen atoms in total. The van der Waals surface area contributed by atoms with Crippen molar-refractivity contribution in [3.8, 4) is 0 Å². The van der Waals surface area contributed by atoms with Gasteiger partial charge in [-0.15, -0.1) is 0 Å². The lowest BCUT2D eigenvalue weighted by Crippen LogP contribution is -2.45. The highest BCUT2D eigenvalue weighted by molar-refractivity contribution is 7.91. The molecule has 1 unspecified atom stereocenters. The van der Waals surface area contributed by atoms with Crippen molar-refractivity contribution >= 4 is 15.7 Å². The summed E-state index contributed by atoms with van der Waals surface area (Å²) in [6, 6.07) is 0. The summed E-state index contributed by atoms with van der Waals surface area (Å²) < 4.78 is 23.0. The maximum absolute atomic E-state index is 12.4. The van der Waals surface area contributed by atoms with E-state index in [1.165, 1.54) is 0 Å². The molecule has 0 spiro atoms. The van der Waals surface area contributed by atoms with Gasteiger partial charge in [0.15, 0.2) is 9.84 Å². The van der Waals surface area contributed by atoms with Crippen LogP contribution in [0.3, 0.4) is 0 Å². The second kappa shape index (κ2) is 6.22. The van der Waals surface area contributed by atoms with Gasteiger partial charge >= 0.3 is 0 Å². The number of sulfone groups is 1. The molecular weight excluding hydrogens is 264 g/mol. The van der Waals surface area contributed by atoms with Gasteiger partial charge in [-0.05, 0) is 24.8 Å². The van der Waals surface area contributed by atoms with Gasteiger partial charge in [0.1, 0.15) is 0 Å². The van der Waals surface area contributed by atoms with Crippen molar-refractivity contribution < 1.29 is 13.2 Å². The molecule has 2 N–H and O–H groups in total. The average Bonchev–Trinajstić information content (AvgIpc) is 2.68. The molecular formula is C13H26N2O3S. The molecule has 1 heterocycles. The maximum Gasteiger partial charge on any atom is 0.226 e. The van der Waals surface area contributed by atoms with Crippen LogP contribution in [0.1, 0.15) is 33.6 Å². The number of carbonyl (C=O) groups excluding carboxylic acids is 1. The Kier molecular flexibility index (Phi) is 5.38. The Labute approximate surface area is 116 Å². The standard InChI is InChI=1S/C13H26N2O3S/c1-4-6-15(10-13(2,3)9-14)12(16)11-5-7-19(17,18)8-11/h11H,4-10,14H2,1-3H3. The average molecular weight is 290 g/mol. The number of hydrogen-bond donors (Lipinski definition) is 1. The van der Waals surface area contributed by atoms with E-state index in [9.17, 15) is 13.2 Å². The summed E-state index contributed by atoms with van der Waals surface area (Å²) in [4.78, 5) is 14.2.